The van der Waals surface area contributed by atoms with E-state index in [9.17, 15) is 14.0 Å². The number of benzene rings is 1. The van der Waals surface area contributed by atoms with Gasteiger partial charge in [0.1, 0.15) is 16.8 Å². The highest BCUT2D eigenvalue weighted by molar-refractivity contribution is 7.99. The molecule has 10 heteroatoms. The van der Waals surface area contributed by atoms with Crippen LogP contribution in [0.1, 0.15) is 57.3 Å². The highest BCUT2D eigenvalue weighted by Gasteiger charge is 2.50. The maximum atomic E-state index is 14.2. The number of thioether (sulfide) groups is 1. The van der Waals surface area contributed by atoms with Gasteiger partial charge in [-0.3, -0.25) is 9.59 Å². The molecule has 2 saturated heterocycles. The molecular weight excluding hydrogens is 525 g/mol. The second kappa shape index (κ2) is 10.3. The molecule has 0 N–H and O–H groups in total. The Balaban J connectivity index is 1.22. The summed E-state index contributed by atoms with van der Waals surface area (Å²) in [4.78, 5) is 41.0. The largest absolute Gasteiger partial charge is 0.353 e. The van der Waals surface area contributed by atoms with Gasteiger partial charge < -0.3 is 14.7 Å². The van der Waals surface area contributed by atoms with Gasteiger partial charge in [0.15, 0.2) is 5.16 Å². The lowest BCUT2D eigenvalue weighted by Crippen LogP contribution is -2.54. The van der Waals surface area contributed by atoms with Gasteiger partial charge in [-0.05, 0) is 49.1 Å². The van der Waals surface area contributed by atoms with Crippen molar-refractivity contribution >= 4 is 41.0 Å². The molecule has 38 heavy (non-hydrogen) atoms. The number of aromatic nitrogens is 2. The number of fused-ring (bicyclic) bond motifs is 2. The predicted molar refractivity (Wildman–Crippen MR) is 148 cm³/mol. The van der Waals surface area contributed by atoms with Crippen molar-refractivity contribution in [3.05, 3.63) is 46.9 Å². The van der Waals surface area contributed by atoms with Crippen LogP contribution in [0.25, 0.3) is 0 Å². The molecule has 5 rings (SSSR count). The Morgan fingerprint density at radius 2 is 1.89 bits per heavy atom. The fraction of sp³-hybridized carbons (Fsp3) is 0.571. The predicted octanol–water partition coefficient (Wildman–Crippen LogP) is 5.14. The third kappa shape index (κ3) is 5.64. The van der Waals surface area contributed by atoms with Crippen LogP contribution in [-0.4, -0.2) is 75.6 Å². The van der Waals surface area contributed by atoms with Gasteiger partial charge in [0.05, 0.1) is 11.3 Å². The molecule has 3 aliphatic rings. The van der Waals surface area contributed by atoms with E-state index in [1.807, 2.05) is 6.92 Å². The van der Waals surface area contributed by atoms with Crippen LogP contribution in [-0.2, 0) is 4.79 Å². The van der Waals surface area contributed by atoms with Crippen molar-refractivity contribution < 1.29 is 14.0 Å². The van der Waals surface area contributed by atoms with Crippen molar-refractivity contribution in [1.29, 1.82) is 0 Å². The van der Waals surface area contributed by atoms with Gasteiger partial charge in [-0.1, -0.05) is 56.3 Å². The summed E-state index contributed by atoms with van der Waals surface area (Å²) in [5, 5.41) is 0.779. The van der Waals surface area contributed by atoms with Crippen molar-refractivity contribution in [2.75, 3.05) is 36.8 Å². The Bertz CT molecular complexity index is 1250. The van der Waals surface area contributed by atoms with E-state index < -0.39 is 5.82 Å². The van der Waals surface area contributed by atoms with E-state index >= 15 is 0 Å². The van der Waals surface area contributed by atoms with Crippen molar-refractivity contribution in [3.8, 4) is 0 Å². The monoisotopic (exact) mass is 559 g/mol. The number of carbonyl (C=O) groups is 2. The molecule has 1 aliphatic carbocycles. The molecule has 1 aromatic carbocycles. The second-order valence-corrected chi connectivity index (χ2v) is 13.5. The smallest absolute Gasteiger partial charge is 0.257 e. The van der Waals surface area contributed by atoms with E-state index in [2.05, 4.69) is 35.6 Å². The number of likely N-dealkylation sites (tertiary alicyclic amines) is 1. The zero-order chi connectivity index (χ0) is 27.2. The lowest BCUT2D eigenvalue weighted by molar-refractivity contribution is -0.129. The highest BCUT2D eigenvalue weighted by atomic mass is 35.5. The minimum absolute atomic E-state index is 0.0840. The number of anilines is 1. The first kappa shape index (κ1) is 27.2. The van der Waals surface area contributed by atoms with Gasteiger partial charge in [0.25, 0.3) is 5.91 Å². The molecule has 1 aromatic heterocycles. The average molecular weight is 560 g/mol. The first-order valence-corrected chi connectivity index (χ1v) is 14.6. The summed E-state index contributed by atoms with van der Waals surface area (Å²) in [5.74, 6) is 0.237. The molecule has 0 radical (unpaired) electrons. The third-order valence-electron chi connectivity index (χ3n) is 8.04. The van der Waals surface area contributed by atoms with Gasteiger partial charge in [-0.25, -0.2) is 14.4 Å². The lowest BCUT2D eigenvalue weighted by atomic mass is 9.65. The maximum absolute atomic E-state index is 14.2. The van der Waals surface area contributed by atoms with E-state index in [0.29, 0.717) is 41.8 Å². The zero-order valence-corrected chi connectivity index (χ0v) is 24.0. The molecule has 1 saturated carbocycles. The van der Waals surface area contributed by atoms with Gasteiger partial charge in [-0.15, -0.1) is 0 Å². The number of amides is 2. The Hall–Kier alpha value is -2.39. The van der Waals surface area contributed by atoms with E-state index in [-0.39, 0.29) is 40.0 Å². The Labute approximate surface area is 233 Å². The first-order valence-electron chi connectivity index (χ1n) is 13.2. The topological polar surface area (TPSA) is 69.6 Å². The van der Waals surface area contributed by atoms with Crippen LogP contribution in [0, 0.1) is 16.6 Å². The van der Waals surface area contributed by atoms with E-state index in [0.717, 1.165) is 25.8 Å². The third-order valence-corrected chi connectivity index (χ3v) is 9.06. The molecule has 2 bridgehead atoms. The zero-order valence-electron chi connectivity index (χ0n) is 22.4. The molecule has 2 aromatic rings. The number of carbonyl (C=O) groups excluding carboxylic acids is 2. The minimum atomic E-state index is -0.513. The van der Waals surface area contributed by atoms with E-state index in [1.165, 1.54) is 23.9 Å². The van der Waals surface area contributed by atoms with Crippen molar-refractivity contribution in [2.24, 2.45) is 10.8 Å². The molecule has 7 nitrogen and oxygen atoms in total. The second-order valence-electron chi connectivity index (χ2n) is 12.1. The molecule has 0 spiro atoms. The van der Waals surface area contributed by atoms with Crippen LogP contribution in [0.15, 0.2) is 35.5 Å². The minimum Gasteiger partial charge on any atom is -0.353 e. The summed E-state index contributed by atoms with van der Waals surface area (Å²) in [5.41, 5.74) is 0.533. The van der Waals surface area contributed by atoms with Gasteiger partial charge >= 0.3 is 0 Å². The number of hydrogen-bond donors (Lipinski definition) is 0. The summed E-state index contributed by atoms with van der Waals surface area (Å²) in [7, 11) is 0. The van der Waals surface area contributed by atoms with Crippen LogP contribution < -0.4 is 4.90 Å². The normalized spacial score (nSPS) is 26.5. The van der Waals surface area contributed by atoms with Crippen LogP contribution in [0.4, 0.5) is 10.2 Å². The Kier molecular flexibility index (Phi) is 7.37. The first-order chi connectivity index (χ1) is 17.9. The molecular formula is C28H35ClFN5O2S. The quantitative estimate of drug-likeness (QED) is 0.287. The van der Waals surface area contributed by atoms with Gasteiger partial charge in [0.2, 0.25) is 5.91 Å². The fourth-order valence-electron chi connectivity index (χ4n) is 6.83. The number of piperazine rings is 1. The number of hydrogen-bond acceptors (Lipinski definition) is 6. The summed E-state index contributed by atoms with van der Waals surface area (Å²) in [6.45, 7) is 11.2. The molecule has 3 unspecified atom stereocenters. The van der Waals surface area contributed by atoms with Crippen LogP contribution in [0.3, 0.4) is 0 Å². The summed E-state index contributed by atoms with van der Waals surface area (Å²) in [6.07, 6.45) is 3.26. The van der Waals surface area contributed by atoms with Gasteiger partial charge in [0, 0.05) is 44.3 Å². The Morgan fingerprint density at radius 1 is 1.13 bits per heavy atom. The summed E-state index contributed by atoms with van der Waals surface area (Å²) in [6, 6.07) is 7.93. The highest BCUT2D eigenvalue weighted by Crippen LogP contribution is 2.52. The van der Waals surface area contributed by atoms with Crippen LogP contribution >= 0.6 is 23.4 Å². The summed E-state index contributed by atoms with van der Waals surface area (Å²) < 4.78 is 14.2. The maximum Gasteiger partial charge on any atom is 0.257 e. The average Bonchev–Trinajstić information content (AvgIpc) is 3.10. The van der Waals surface area contributed by atoms with Gasteiger partial charge in [-0.2, -0.15) is 0 Å². The SMILES string of the molecule is CC1CN(c2cc(Cl)nc(SCC(=O)N3CC4(C)CC3CC(C)(C)C4)n2)CCN1C(=O)c1ccccc1F. The fourth-order valence-corrected chi connectivity index (χ4v) is 7.80. The lowest BCUT2D eigenvalue weighted by Gasteiger charge is -2.40. The van der Waals surface area contributed by atoms with Crippen molar-refractivity contribution in [1.82, 2.24) is 19.8 Å². The number of rotatable bonds is 5. The molecule has 2 aliphatic heterocycles. The van der Waals surface area contributed by atoms with E-state index in [4.69, 9.17) is 16.6 Å². The standard InChI is InChI=1S/C28H35ClFN5O2S/c1-18-14-33(9-10-34(18)25(37)20-7-5-6-8-21(20)30)23-11-22(29)31-26(32-23)38-15-24(36)35-17-28(4)13-19(35)12-27(2,3)16-28/h5-8,11,18-19H,9-10,12-17H2,1-4H3. The molecule has 3 atom stereocenters. The number of nitrogens with zero attached hydrogens (tertiary/aromatic N) is 5. The van der Waals surface area contributed by atoms with Crippen molar-refractivity contribution in [3.63, 3.8) is 0 Å². The molecule has 2 amide bonds. The van der Waals surface area contributed by atoms with Crippen molar-refractivity contribution in [2.45, 2.75) is 64.2 Å². The molecule has 204 valence electrons. The summed E-state index contributed by atoms with van der Waals surface area (Å²) >= 11 is 7.67. The van der Waals surface area contributed by atoms with E-state index in [1.54, 1.807) is 23.1 Å². The molecule has 3 fully saturated rings. The Morgan fingerprint density at radius 3 is 2.63 bits per heavy atom. The van der Waals surface area contributed by atoms with Crippen LogP contribution in [0.5, 0.6) is 0 Å². The number of halogens is 2. The molecule has 3 heterocycles. The van der Waals surface area contributed by atoms with Crippen LogP contribution in [0.2, 0.25) is 5.15 Å².